The van der Waals surface area contributed by atoms with E-state index in [0.29, 0.717) is 16.4 Å². The summed E-state index contributed by atoms with van der Waals surface area (Å²) in [6.07, 6.45) is 3.16. The minimum absolute atomic E-state index is 0.233. The van der Waals surface area contributed by atoms with E-state index in [4.69, 9.17) is 0 Å². The quantitative estimate of drug-likeness (QED) is 0.836. The van der Waals surface area contributed by atoms with Gasteiger partial charge in [-0.2, -0.15) is 0 Å². The number of anilines is 2. The Kier molecular flexibility index (Phi) is 3.06. The van der Waals surface area contributed by atoms with Crippen LogP contribution in [0.5, 0.6) is 0 Å². The minimum atomic E-state index is -0.233. The maximum atomic E-state index is 11.9. The highest BCUT2D eigenvalue weighted by Crippen LogP contribution is 2.15. The highest BCUT2D eigenvalue weighted by Gasteiger charge is 2.11. The average molecular weight is 235 g/mol. The molecule has 2 N–H and O–H groups in total. The molecule has 0 saturated heterocycles. The molecule has 1 amide bonds. The number of rotatable bonds is 3. The number of nitrogens with one attached hydrogen (secondary N) is 2. The Bertz CT molecular complexity index is 484. The summed E-state index contributed by atoms with van der Waals surface area (Å²) in [5.74, 6) is -0.233. The Morgan fingerprint density at radius 3 is 3.06 bits per heavy atom. The zero-order valence-electron chi connectivity index (χ0n) is 8.47. The summed E-state index contributed by atoms with van der Waals surface area (Å²) in [7, 11) is 1.73. The third-order valence-corrected chi connectivity index (χ3v) is 2.52. The van der Waals surface area contributed by atoms with Crippen LogP contribution in [-0.2, 0) is 0 Å². The van der Waals surface area contributed by atoms with Gasteiger partial charge in [-0.15, -0.1) is 10.2 Å². The molecular formula is C9H9N5OS. The van der Waals surface area contributed by atoms with Gasteiger partial charge in [0.25, 0.3) is 5.91 Å². The number of carbonyl (C=O) groups is 1. The first-order valence-corrected chi connectivity index (χ1v) is 5.38. The number of aromatic nitrogens is 3. The SMILES string of the molecule is CNc1cnccc1C(=O)Nc1nncs1. The summed E-state index contributed by atoms with van der Waals surface area (Å²) in [6.45, 7) is 0. The highest BCUT2D eigenvalue weighted by molar-refractivity contribution is 7.13. The second kappa shape index (κ2) is 4.67. The monoisotopic (exact) mass is 235 g/mol. The number of pyridine rings is 1. The smallest absolute Gasteiger partial charge is 0.259 e. The van der Waals surface area contributed by atoms with E-state index in [1.807, 2.05) is 0 Å². The zero-order valence-corrected chi connectivity index (χ0v) is 9.28. The molecule has 2 heterocycles. The van der Waals surface area contributed by atoms with Gasteiger partial charge in [0, 0.05) is 13.2 Å². The Labute approximate surface area is 95.7 Å². The third kappa shape index (κ3) is 2.14. The van der Waals surface area contributed by atoms with Crippen molar-refractivity contribution in [2.45, 2.75) is 0 Å². The van der Waals surface area contributed by atoms with Crippen LogP contribution >= 0.6 is 11.3 Å². The highest BCUT2D eigenvalue weighted by atomic mass is 32.1. The van der Waals surface area contributed by atoms with Gasteiger partial charge in [-0.05, 0) is 6.07 Å². The fraction of sp³-hybridized carbons (Fsp3) is 0.111. The standard InChI is InChI=1S/C9H9N5OS/c1-10-7-4-11-3-2-6(7)8(15)13-9-14-12-5-16-9/h2-5,10H,1H3,(H,13,14,15). The number of hydrogen-bond donors (Lipinski definition) is 2. The van der Waals surface area contributed by atoms with Crippen molar-refractivity contribution < 1.29 is 4.79 Å². The number of nitrogens with zero attached hydrogens (tertiary/aromatic N) is 3. The predicted molar refractivity (Wildman–Crippen MR) is 61.6 cm³/mol. The largest absolute Gasteiger partial charge is 0.386 e. The van der Waals surface area contributed by atoms with Crippen LogP contribution in [0.25, 0.3) is 0 Å². The molecular weight excluding hydrogens is 226 g/mol. The van der Waals surface area contributed by atoms with Crippen LogP contribution in [0.15, 0.2) is 24.0 Å². The lowest BCUT2D eigenvalue weighted by Crippen LogP contribution is -2.14. The van der Waals surface area contributed by atoms with Gasteiger partial charge in [0.15, 0.2) is 0 Å². The molecule has 0 saturated carbocycles. The number of carbonyl (C=O) groups excluding carboxylic acids is 1. The van der Waals surface area contributed by atoms with Crippen molar-refractivity contribution in [1.82, 2.24) is 15.2 Å². The van der Waals surface area contributed by atoms with E-state index in [0.717, 1.165) is 0 Å². The summed E-state index contributed by atoms with van der Waals surface area (Å²) < 4.78 is 0. The van der Waals surface area contributed by atoms with E-state index < -0.39 is 0 Å². The Hall–Kier alpha value is -2.02. The summed E-state index contributed by atoms with van der Waals surface area (Å²) in [6, 6.07) is 1.64. The van der Waals surface area contributed by atoms with Crippen LogP contribution in [0, 0.1) is 0 Å². The van der Waals surface area contributed by atoms with Crippen molar-refractivity contribution in [2.75, 3.05) is 17.7 Å². The van der Waals surface area contributed by atoms with E-state index in [1.165, 1.54) is 11.3 Å². The zero-order chi connectivity index (χ0) is 11.4. The first-order chi connectivity index (χ1) is 7.81. The van der Waals surface area contributed by atoms with Gasteiger partial charge in [-0.3, -0.25) is 15.1 Å². The van der Waals surface area contributed by atoms with Crippen LogP contribution in [0.3, 0.4) is 0 Å². The fourth-order valence-electron chi connectivity index (χ4n) is 1.18. The normalized spacial score (nSPS) is 9.81. The maximum absolute atomic E-state index is 11.9. The van der Waals surface area contributed by atoms with Gasteiger partial charge in [0.05, 0.1) is 17.4 Å². The average Bonchev–Trinajstić information content (AvgIpc) is 2.81. The van der Waals surface area contributed by atoms with Gasteiger partial charge >= 0.3 is 0 Å². The summed E-state index contributed by atoms with van der Waals surface area (Å²) in [5.41, 5.74) is 2.75. The predicted octanol–water partition coefficient (Wildman–Crippen LogP) is 1.23. The molecule has 0 radical (unpaired) electrons. The van der Waals surface area contributed by atoms with E-state index in [1.54, 1.807) is 31.0 Å². The topological polar surface area (TPSA) is 79.8 Å². The first kappa shape index (κ1) is 10.5. The minimum Gasteiger partial charge on any atom is -0.386 e. The second-order valence-electron chi connectivity index (χ2n) is 2.87. The van der Waals surface area contributed by atoms with Crippen molar-refractivity contribution >= 4 is 28.1 Å². The Balaban J connectivity index is 2.21. The molecule has 82 valence electrons. The van der Waals surface area contributed by atoms with Gasteiger partial charge in [0.2, 0.25) is 5.13 Å². The van der Waals surface area contributed by atoms with Crippen LogP contribution < -0.4 is 10.6 Å². The van der Waals surface area contributed by atoms with Crippen LogP contribution in [0.4, 0.5) is 10.8 Å². The molecule has 0 aliphatic heterocycles. The van der Waals surface area contributed by atoms with Crippen LogP contribution in [-0.4, -0.2) is 28.1 Å². The van der Waals surface area contributed by atoms with Gasteiger partial charge < -0.3 is 5.32 Å². The molecule has 2 aromatic heterocycles. The first-order valence-electron chi connectivity index (χ1n) is 4.50. The van der Waals surface area contributed by atoms with Gasteiger partial charge in [-0.25, -0.2) is 0 Å². The molecule has 0 aliphatic carbocycles. The summed E-state index contributed by atoms with van der Waals surface area (Å²) in [4.78, 5) is 15.8. The van der Waals surface area contributed by atoms with Crippen molar-refractivity contribution in [1.29, 1.82) is 0 Å². The lowest BCUT2D eigenvalue weighted by Gasteiger charge is -2.06. The maximum Gasteiger partial charge on any atom is 0.259 e. The molecule has 6 nitrogen and oxygen atoms in total. The molecule has 2 aromatic rings. The van der Waals surface area contributed by atoms with Crippen LogP contribution in [0.1, 0.15) is 10.4 Å². The van der Waals surface area contributed by atoms with Crippen LogP contribution in [0.2, 0.25) is 0 Å². The fourth-order valence-corrected chi connectivity index (χ4v) is 1.62. The summed E-state index contributed by atoms with van der Waals surface area (Å²) in [5, 5.41) is 13.4. The van der Waals surface area contributed by atoms with E-state index >= 15 is 0 Å². The van der Waals surface area contributed by atoms with Crippen molar-refractivity contribution in [2.24, 2.45) is 0 Å². The van der Waals surface area contributed by atoms with Crippen molar-refractivity contribution in [3.05, 3.63) is 29.5 Å². The molecule has 0 fully saturated rings. The van der Waals surface area contributed by atoms with Crippen molar-refractivity contribution in [3.8, 4) is 0 Å². The van der Waals surface area contributed by atoms with Gasteiger partial charge in [-0.1, -0.05) is 11.3 Å². The molecule has 2 rings (SSSR count). The Morgan fingerprint density at radius 2 is 2.38 bits per heavy atom. The molecule has 7 heteroatoms. The van der Waals surface area contributed by atoms with Crippen molar-refractivity contribution in [3.63, 3.8) is 0 Å². The molecule has 16 heavy (non-hydrogen) atoms. The lowest BCUT2D eigenvalue weighted by atomic mass is 10.2. The number of hydrogen-bond acceptors (Lipinski definition) is 6. The Morgan fingerprint density at radius 1 is 1.50 bits per heavy atom. The van der Waals surface area contributed by atoms with E-state index in [9.17, 15) is 4.79 Å². The second-order valence-corrected chi connectivity index (χ2v) is 3.70. The lowest BCUT2D eigenvalue weighted by molar-refractivity contribution is 0.102. The van der Waals surface area contributed by atoms with Gasteiger partial charge in [0.1, 0.15) is 5.51 Å². The third-order valence-electron chi connectivity index (χ3n) is 1.92. The number of amides is 1. The molecule has 0 unspecified atom stereocenters. The summed E-state index contributed by atoms with van der Waals surface area (Å²) >= 11 is 1.27. The molecule has 0 bridgehead atoms. The molecule has 0 atom stereocenters. The molecule has 0 aliphatic rings. The molecule has 0 spiro atoms. The molecule has 0 aromatic carbocycles. The van der Waals surface area contributed by atoms with E-state index in [2.05, 4.69) is 25.8 Å². The van der Waals surface area contributed by atoms with E-state index in [-0.39, 0.29) is 5.91 Å².